The lowest BCUT2D eigenvalue weighted by atomic mass is 9.81. The fourth-order valence-electron chi connectivity index (χ4n) is 13.6. The Morgan fingerprint density at radius 2 is 0.547 bits per heavy atom. The predicted octanol–water partition coefficient (Wildman–Crippen LogP) is 23.2. The van der Waals surface area contributed by atoms with Gasteiger partial charge in [-0.15, -0.1) is 0 Å². The highest BCUT2D eigenvalue weighted by atomic mass is 15.1. The molecule has 0 fully saturated rings. The van der Waals surface area contributed by atoms with Gasteiger partial charge in [0.25, 0.3) is 0 Å². The maximum absolute atomic E-state index is 2.42. The Bertz CT molecular complexity index is 4460. The average molecular weight is 1100 g/mol. The van der Waals surface area contributed by atoms with Crippen molar-refractivity contribution in [2.24, 2.45) is 0 Å². The van der Waals surface area contributed by atoms with Gasteiger partial charge in [0.2, 0.25) is 0 Å². The van der Waals surface area contributed by atoms with Crippen LogP contribution in [-0.2, 0) is 10.8 Å². The van der Waals surface area contributed by atoms with Crippen LogP contribution in [-0.4, -0.2) is 0 Å². The van der Waals surface area contributed by atoms with E-state index in [1.807, 2.05) is 0 Å². The molecule has 2 heteroatoms. The first kappa shape index (κ1) is 52.3. The average Bonchev–Trinajstić information content (AvgIpc) is 1.69. The van der Waals surface area contributed by atoms with E-state index < -0.39 is 0 Å². The van der Waals surface area contributed by atoms with Crippen LogP contribution in [0.5, 0.6) is 0 Å². The van der Waals surface area contributed by atoms with Crippen LogP contribution in [0, 0.1) is 0 Å². The quantitative estimate of drug-likeness (QED) is 0.113. The number of fused-ring (bicyclic) bond motifs is 8. The molecular formula is C84H64N2. The summed E-state index contributed by atoms with van der Waals surface area (Å²) in [5.74, 6) is 0. The van der Waals surface area contributed by atoms with Gasteiger partial charge in [0.05, 0.1) is 11.4 Å². The number of hydrogen-bond acceptors (Lipinski definition) is 2. The summed E-state index contributed by atoms with van der Waals surface area (Å²) in [7, 11) is 0. The van der Waals surface area contributed by atoms with Gasteiger partial charge >= 0.3 is 0 Å². The zero-order valence-corrected chi connectivity index (χ0v) is 48.9. The van der Waals surface area contributed by atoms with Crippen molar-refractivity contribution in [1.29, 1.82) is 0 Å². The van der Waals surface area contributed by atoms with E-state index in [2.05, 4.69) is 353 Å². The third-order valence-electron chi connectivity index (χ3n) is 18.2. The molecule has 0 spiro atoms. The maximum atomic E-state index is 2.42. The third kappa shape index (κ3) is 9.32. The molecule has 2 aliphatic carbocycles. The first-order chi connectivity index (χ1) is 42.1. The molecule has 2 aliphatic rings. The number of rotatable bonds is 12. The van der Waals surface area contributed by atoms with Gasteiger partial charge in [-0.25, -0.2) is 0 Å². The number of hydrogen-bond donors (Lipinski definition) is 0. The first-order valence-electron chi connectivity index (χ1n) is 30.0. The summed E-state index contributed by atoms with van der Waals surface area (Å²) in [4.78, 5) is 4.82. The summed E-state index contributed by atoms with van der Waals surface area (Å²) >= 11 is 0. The van der Waals surface area contributed by atoms with Crippen LogP contribution in [0.3, 0.4) is 0 Å². The van der Waals surface area contributed by atoms with Crippen LogP contribution >= 0.6 is 0 Å². The van der Waals surface area contributed by atoms with E-state index in [1.165, 1.54) is 122 Å². The van der Waals surface area contributed by atoms with Crippen molar-refractivity contribution in [3.8, 4) is 44.5 Å². The van der Waals surface area contributed by atoms with Crippen molar-refractivity contribution >= 4 is 80.0 Å². The Labute approximate surface area is 505 Å². The number of benzene rings is 13. The Kier molecular flexibility index (Phi) is 12.9. The van der Waals surface area contributed by atoms with E-state index in [0.29, 0.717) is 0 Å². The maximum Gasteiger partial charge on any atom is 0.0540 e. The summed E-state index contributed by atoms with van der Waals surface area (Å²) < 4.78 is 0. The summed E-state index contributed by atoms with van der Waals surface area (Å²) in [6.45, 7) is 9.49. The van der Waals surface area contributed by atoms with E-state index >= 15 is 0 Å². The fraction of sp³-hybridized carbons (Fsp3) is 0.0714. The Balaban J connectivity index is 0.607. The summed E-state index contributed by atoms with van der Waals surface area (Å²) in [6.07, 6.45) is 8.97. The predicted molar refractivity (Wildman–Crippen MR) is 368 cm³/mol. The molecule has 410 valence electrons. The minimum atomic E-state index is -0.179. The standard InChI is InChI=1S/C84H64N2/c1-83(2)77-53-59(37-49-73(77)75-51-47-69(55-79(75)83)85(67-21-7-5-8-22-67)81-27-15-19-65-17-11-13-25-71(65)81)31-29-57-33-39-61(40-34-57)63-43-45-64(46-44-63)62-41-35-58(36-42-62)30-32-60-38-50-74-76-52-48-70(56-80(76)84(3,4)78(74)54-60)86(68-23-9-6-10-24-68)82-28-16-20-66-18-12-14-26-72(66)82/h5-56H,1-4H3/b31-29+,32-30+. The van der Waals surface area contributed by atoms with Crippen molar-refractivity contribution in [2.75, 3.05) is 9.80 Å². The monoisotopic (exact) mass is 1100 g/mol. The van der Waals surface area contributed by atoms with Gasteiger partial charge in [0.1, 0.15) is 0 Å². The molecule has 0 radical (unpaired) electrons. The van der Waals surface area contributed by atoms with Crippen molar-refractivity contribution in [2.45, 2.75) is 38.5 Å². The van der Waals surface area contributed by atoms with E-state index in [0.717, 1.165) is 22.7 Å². The van der Waals surface area contributed by atoms with Gasteiger partial charge in [0, 0.05) is 44.4 Å². The molecule has 0 aliphatic heterocycles. The molecule has 0 unspecified atom stereocenters. The minimum absolute atomic E-state index is 0.179. The molecule has 0 atom stereocenters. The number of nitrogens with zero attached hydrogens (tertiary/aromatic N) is 2. The van der Waals surface area contributed by atoms with Crippen molar-refractivity contribution < 1.29 is 0 Å². The summed E-state index contributed by atoms with van der Waals surface area (Å²) in [6, 6.07) is 107. The highest BCUT2D eigenvalue weighted by Crippen LogP contribution is 2.53. The van der Waals surface area contributed by atoms with Gasteiger partial charge in [-0.3, -0.25) is 0 Å². The molecule has 0 N–H and O–H groups in total. The Morgan fingerprint density at radius 3 is 0.942 bits per heavy atom. The second-order valence-corrected chi connectivity index (χ2v) is 24.1. The highest BCUT2D eigenvalue weighted by Gasteiger charge is 2.38. The van der Waals surface area contributed by atoms with Gasteiger partial charge < -0.3 is 9.80 Å². The SMILES string of the molecule is CC1(C)c2cc(/C=C/c3ccc(-c4ccc(-c5ccc(/C=C/c6ccc7c(c6)C(C)(C)c6cc(N(c8ccccc8)c8cccc9ccccc89)ccc6-7)cc5)cc4)cc3)ccc2-c2ccc(N(c3ccccc3)c3cccc4ccccc34)cc21. The Hall–Kier alpha value is -10.5. The number of anilines is 6. The fourth-order valence-corrected chi connectivity index (χ4v) is 13.6. The molecule has 0 amide bonds. The van der Waals surface area contributed by atoms with Gasteiger partial charge in [-0.2, -0.15) is 0 Å². The zero-order chi connectivity index (χ0) is 57.9. The van der Waals surface area contributed by atoms with E-state index in [-0.39, 0.29) is 10.8 Å². The Morgan fingerprint density at radius 1 is 0.244 bits per heavy atom. The first-order valence-corrected chi connectivity index (χ1v) is 30.0. The lowest BCUT2D eigenvalue weighted by molar-refractivity contribution is 0.660. The molecule has 86 heavy (non-hydrogen) atoms. The van der Waals surface area contributed by atoms with Gasteiger partial charge in [-0.05, 0) is 160 Å². The molecular weight excluding hydrogens is 1040 g/mol. The molecule has 15 rings (SSSR count). The third-order valence-corrected chi connectivity index (χ3v) is 18.2. The van der Waals surface area contributed by atoms with Crippen LogP contribution in [0.15, 0.2) is 291 Å². The van der Waals surface area contributed by atoms with Crippen molar-refractivity contribution in [3.05, 3.63) is 336 Å². The molecule has 0 bridgehead atoms. The topological polar surface area (TPSA) is 6.48 Å². The number of para-hydroxylation sites is 2. The van der Waals surface area contributed by atoms with Crippen molar-refractivity contribution in [1.82, 2.24) is 0 Å². The molecule has 2 nitrogen and oxygen atoms in total. The van der Waals surface area contributed by atoms with Crippen LogP contribution in [0.1, 0.15) is 72.2 Å². The second kappa shape index (κ2) is 21.3. The van der Waals surface area contributed by atoms with Gasteiger partial charge in [-0.1, -0.05) is 283 Å². The zero-order valence-electron chi connectivity index (χ0n) is 48.9. The lowest BCUT2D eigenvalue weighted by Crippen LogP contribution is -2.16. The molecule has 0 heterocycles. The van der Waals surface area contributed by atoms with Crippen LogP contribution < -0.4 is 9.80 Å². The van der Waals surface area contributed by atoms with E-state index in [9.17, 15) is 0 Å². The highest BCUT2D eigenvalue weighted by molar-refractivity contribution is 6.01. The minimum Gasteiger partial charge on any atom is -0.310 e. The molecule has 0 saturated heterocycles. The second-order valence-electron chi connectivity index (χ2n) is 24.1. The van der Waals surface area contributed by atoms with E-state index in [1.54, 1.807) is 0 Å². The van der Waals surface area contributed by atoms with Crippen LogP contribution in [0.25, 0.3) is 90.4 Å². The molecule has 0 saturated carbocycles. The van der Waals surface area contributed by atoms with E-state index in [4.69, 9.17) is 0 Å². The largest absolute Gasteiger partial charge is 0.310 e. The van der Waals surface area contributed by atoms with Gasteiger partial charge in [0.15, 0.2) is 0 Å². The smallest absolute Gasteiger partial charge is 0.0540 e. The molecule has 13 aromatic carbocycles. The lowest BCUT2D eigenvalue weighted by Gasteiger charge is -2.29. The van der Waals surface area contributed by atoms with Crippen LogP contribution in [0.2, 0.25) is 0 Å². The summed E-state index contributed by atoms with van der Waals surface area (Å²) in [5.41, 5.74) is 26.8. The normalized spacial score (nSPS) is 13.4. The summed E-state index contributed by atoms with van der Waals surface area (Å²) in [5, 5.41) is 4.92. The molecule has 13 aromatic rings. The molecule has 0 aromatic heterocycles. The van der Waals surface area contributed by atoms with Crippen LogP contribution in [0.4, 0.5) is 34.1 Å². The van der Waals surface area contributed by atoms with Crippen molar-refractivity contribution in [3.63, 3.8) is 0 Å².